The topological polar surface area (TPSA) is 124 Å². The molecule has 1 fully saturated rings. The minimum absolute atomic E-state index is 0.369. The number of hydrogen-bond donors (Lipinski definition) is 1. The van der Waals surface area contributed by atoms with Gasteiger partial charge in [-0.3, -0.25) is 24.1 Å². The molecule has 2 N–H and O–H groups in total. The summed E-state index contributed by atoms with van der Waals surface area (Å²) in [6.07, 6.45) is -0.687. The van der Waals surface area contributed by atoms with Crippen molar-refractivity contribution in [1.82, 2.24) is 4.90 Å². The van der Waals surface area contributed by atoms with Gasteiger partial charge in [-0.15, -0.1) is 34.5 Å². The fourth-order valence-electron chi connectivity index (χ4n) is 6.21. The van der Waals surface area contributed by atoms with Crippen LogP contribution in [0.4, 0.5) is 0 Å². The van der Waals surface area contributed by atoms with Crippen LogP contribution in [0, 0.1) is 11.8 Å². The van der Waals surface area contributed by atoms with Gasteiger partial charge in [0.05, 0.1) is 23.1 Å². The molecule has 3 aromatic rings. The summed E-state index contributed by atoms with van der Waals surface area (Å²) in [5.41, 5.74) is 7.80. The Morgan fingerprint density at radius 3 is 1.77 bits per heavy atom. The van der Waals surface area contributed by atoms with E-state index in [2.05, 4.69) is 0 Å². The highest BCUT2D eigenvalue weighted by molar-refractivity contribution is 7.12. The number of likely N-dealkylation sites (tertiary alicyclic amines) is 1. The van der Waals surface area contributed by atoms with Gasteiger partial charge in [-0.2, -0.15) is 0 Å². The zero-order valence-corrected chi connectivity index (χ0v) is 22.5. The van der Waals surface area contributed by atoms with Crippen LogP contribution in [0.3, 0.4) is 0 Å². The summed E-state index contributed by atoms with van der Waals surface area (Å²) in [5, 5.41) is 1.70. The summed E-state index contributed by atoms with van der Waals surface area (Å²) in [4.78, 5) is 64.0. The summed E-state index contributed by atoms with van der Waals surface area (Å²) >= 11 is 15.9. The maximum atomic E-state index is 14.1. The van der Waals surface area contributed by atoms with Crippen molar-refractivity contribution >= 4 is 64.0 Å². The molecule has 8 nitrogen and oxygen atoms in total. The first kappa shape index (κ1) is 25.7. The van der Waals surface area contributed by atoms with Gasteiger partial charge in [0.2, 0.25) is 23.5 Å². The molecule has 1 saturated heterocycles. The number of esters is 1. The van der Waals surface area contributed by atoms with Crippen LogP contribution in [-0.2, 0) is 33.7 Å². The molecule has 39 heavy (non-hydrogen) atoms. The quantitative estimate of drug-likeness (QED) is 0.197. The van der Waals surface area contributed by atoms with E-state index in [1.807, 2.05) is 0 Å². The van der Waals surface area contributed by atoms with Gasteiger partial charge in [0.15, 0.2) is 6.61 Å². The Labute approximate surface area is 236 Å². The van der Waals surface area contributed by atoms with E-state index in [0.29, 0.717) is 32.0 Å². The maximum Gasteiger partial charge on any atom is 0.330 e. The summed E-state index contributed by atoms with van der Waals surface area (Å²) in [7, 11) is 0. The standard InChI is InChI=1S/C28H20Cl2N2O6S/c29-27-14-6-1-2-7-15(14)28(30,17-9-4-3-8-16(17)27)23-22(27)24(35)32(25(23)36)18(12-21(31)34)26(37)38-13-19(33)20-10-5-11-39-20/h1-11,18,22-23H,12-13H2,(H2,31,34)/t18-,22+,23+,27?,28?/m1/s1. The monoisotopic (exact) mass is 582 g/mol. The second-order valence-electron chi connectivity index (χ2n) is 9.71. The van der Waals surface area contributed by atoms with Crippen molar-refractivity contribution < 1.29 is 28.7 Å². The summed E-state index contributed by atoms with van der Waals surface area (Å²) in [6.45, 7) is -0.631. The number of amides is 3. The number of rotatable bonds is 7. The molecule has 2 aromatic carbocycles. The maximum absolute atomic E-state index is 14.1. The lowest BCUT2D eigenvalue weighted by Crippen LogP contribution is -2.57. The molecule has 11 heteroatoms. The van der Waals surface area contributed by atoms with Crippen molar-refractivity contribution in [2.75, 3.05) is 6.61 Å². The average Bonchev–Trinajstić information content (AvgIpc) is 3.56. The predicted molar refractivity (Wildman–Crippen MR) is 142 cm³/mol. The molecule has 1 aromatic heterocycles. The highest BCUT2D eigenvalue weighted by Crippen LogP contribution is 2.69. The number of carbonyl (C=O) groups excluding carboxylic acids is 5. The second kappa shape index (κ2) is 9.01. The average molecular weight is 583 g/mol. The summed E-state index contributed by atoms with van der Waals surface area (Å²) in [6, 6.07) is 15.8. The fourth-order valence-corrected chi connectivity index (χ4v) is 7.96. The van der Waals surface area contributed by atoms with E-state index < -0.39 is 70.1 Å². The molecular formula is C28H20Cl2N2O6S. The van der Waals surface area contributed by atoms with Crippen LogP contribution in [0.15, 0.2) is 66.0 Å². The molecule has 0 spiro atoms. The number of nitrogens with two attached hydrogens (primary N) is 1. The normalized spacial score (nSPS) is 27.0. The third kappa shape index (κ3) is 3.46. The van der Waals surface area contributed by atoms with Crippen LogP contribution in [-0.4, -0.2) is 47.0 Å². The molecule has 3 aliphatic carbocycles. The first-order valence-electron chi connectivity index (χ1n) is 12.1. The molecule has 2 heterocycles. The largest absolute Gasteiger partial charge is 0.456 e. The molecule has 3 atom stereocenters. The van der Waals surface area contributed by atoms with Crippen molar-refractivity contribution in [3.05, 3.63) is 93.2 Å². The van der Waals surface area contributed by atoms with Crippen molar-refractivity contribution in [2.45, 2.75) is 22.2 Å². The molecular weight excluding hydrogens is 563 g/mol. The molecule has 1 aliphatic heterocycles. The molecule has 4 aliphatic rings. The van der Waals surface area contributed by atoms with Crippen LogP contribution >= 0.6 is 34.5 Å². The van der Waals surface area contributed by atoms with Crippen LogP contribution in [0.2, 0.25) is 0 Å². The Morgan fingerprint density at radius 2 is 1.36 bits per heavy atom. The first-order chi connectivity index (χ1) is 18.6. The number of nitrogens with zero attached hydrogens (tertiary/aromatic N) is 1. The molecule has 0 saturated carbocycles. The molecule has 7 rings (SSSR count). The Hall–Kier alpha value is -3.53. The smallest absolute Gasteiger partial charge is 0.330 e. The van der Waals surface area contributed by atoms with Gasteiger partial charge in [-0.1, -0.05) is 54.6 Å². The van der Waals surface area contributed by atoms with Crippen LogP contribution in [0.25, 0.3) is 0 Å². The summed E-state index contributed by atoms with van der Waals surface area (Å²) in [5.74, 6) is -6.35. The predicted octanol–water partition coefficient (Wildman–Crippen LogP) is 3.31. The number of benzene rings is 2. The van der Waals surface area contributed by atoms with Crippen molar-refractivity contribution in [3.63, 3.8) is 0 Å². The van der Waals surface area contributed by atoms with Gasteiger partial charge in [-0.05, 0) is 33.7 Å². The zero-order chi connectivity index (χ0) is 27.7. The Bertz CT molecular complexity index is 1450. The number of carbonyl (C=O) groups is 5. The number of ketones is 1. The molecule has 198 valence electrons. The van der Waals surface area contributed by atoms with E-state index >= 15 is 0 Å². The minimum atomic E-state index is -1.68. The van der Waals surface area contributed by atoms with Crippen LogP contribution in [0.5, 0.6) is 0 Å². The number of thiophene rings is 1. The third-order valence-electron chi connectivity index (χ3n) is 7.74. The number of ether oxygens (including phenoxy) is 1. The fraction of sp³-hybridized carbons (Fsp3) is 0.250. The van der Waals surface area contributed by atoms with E-state index in [0.717, 1.165) is 0 Å². The molecule has 0 radical (unpaired) electrons. The minimum Gasteiger partial charge on any atom is -0.456 e. The van der Waals surface area contributed by atoms with Crippen molar-refractivity contribution in [1.29, 1.82) is 0 Å². The van der Waals surface area contributed by atoms with E-state index in [1.54, 1.807) is 66.0 Å². The van der Waals surface area contributed by atoms with E-state index in [9.17, 15) is 24.0 Å². The number of hydrogen-bond acceptors (Lipinski definition) is 7. The Balaban J connectivity index is 1.42. The van der Waals surface area contributed by atoms with Crippen LogP contribution in [0.1, 0.15) is 38.3 Å². The number of imide groups is 1. The third-order valence-corrected chi connectivity index (χ3v) is 9.93. The number of alkyl halides is 2. The van der Waals surface area contributed by atoms with E-state index in [1.165, 1.54) is 11.3 Å². The molecule has 3 amide bonds. The summed E-state index contributed by atoms with van der Waals surface area (Å²) < 4.78 is 5.19. The number of halogens is 2. The number of Topliss-reactive ketones (excluding diaryl/α,β-unsaturated/α-hetero) is 1. The van der Waals surface area contributed by atoms with Gasteiger partial charge in [-0.25, -0.2) is 4.79 Å². The first-order valence-corrected chi connectivity index (χ1v) is 13.7. The number of primary amides is 1. The van der Waals surface area contributed by atoms with Gasteiger partial charge >= 0.3 is 5.97 Å². The van der Waals surface area contributed by atoms with Crippen molar-refractivity contribution in [3.8, 4) is 0 Å². The van der Waals surface area contributed by atoms with Gasteiger partial charge in [0, 0.05) is 0 Å². The van der Waals surface area contributed by atoms with Gasteiger partial charge in [0.1, 0.15) is 15.8 Å². The Morgan fingerprint density at radius 1 is 0.872 bits per heavy atom. The lowest BCUT2D eigenvalue weighted by atomic mass is 9.54. The lowest BCUT2D eigenvalue weighted by molar-refractivity contribution is -0.159. The second-order valence-corrected chi connectivity index (χ2v) is 11.9. The van der Waals surface area contributed by atoms with Crippen LogP contribution < -0.4 is 5.73 Å². The highest BCUT2D eigenvalue weighted by Gasteiger charge is 2.73. The SMILES string of the molecule is NC(=O)C[C@H](C(=O)OCC(=O)c1cccs1)N1C(=O)[C@@H]2[C@@H](C1=O)C1(Cl)c3ccccc3C2(Cl)c2ccccc21. The van der Waals surface area contributed by atoms with E-state index in [-0.39, 0.29) is 0 Å². The van der Waals surface area contributed by atoms with Gasteiger partial charge in [0.25, 0.3) is 0 Å². The van der Waals surface area contributed by atoms with Crippen molar-refractivity contribution in [2.24, 2.45) is 17.6 Å². The lowest BCUT2D eigenvalue weighted by Gasteiger charge is -2.54. The van der Waals surface area contributed by atoms with E-state index in [4.69, 9.17) is 33.7 Å². The van der Waals surface area contributed by atoms with Gasteiger partial charge < -0.3 is 10.5 Å². The molecule has 2 bridgehead atoms. The Kier molecular flexibility index (Phi) is 5.94. The highest BCUT2D eigenvalue weighted by atomic mass is 35.5. The zero-order valence-electron chi connectivity index (χ0n) is 20.1. The molecule has 0 unspecified atom stereocenters.